The van der Waals surface area contributed by atoms with Crippen molar-refractivity contribution in [3.63, 3.8) is 0 Å². The van der Waals surface area contributed by atoms with Crippen LogP contribution in [0.2, 0.25) is 0 Å². The van der Waals surface area contributed by atoms with Gasteiger partial charge in [0.1, 0.15) is 0 Å². The number of aromatic nitrogens is 1. The zero-order chi connectivity index (χ0) is 19.8. The Morgan fingerprint density at radius 3 is 1.48 bits per heavy atom. The van der Waals surface area contributed by atoms with E-state index in [2.05, 4.69) is 117 Å². The van der Waals surface area contributed by atoms with Crippen molar-refractivity contribution < 1.29 is 4.34 Å². The van der Waals surface area contributed by atoms with E-state index in [-0.39, 0.29) is 22.7 Å². The molecule has 25 heavy (non-hydrogen) atoms. The van der Waals surface area contributed by atoms with Gasteiger partial charge in [-0.3, -0.25) is 0 Å². The maximum Gasteiger partial charge on any atom is 0.217 e. The summed E-state index contributed by atoms with van der Waals surface area (Å²) in [5.74, 6) is 0. The molecule has 144 valence electrons. The fraction of sp³-hybridized carbons (Fsp3) is 0.750. The summed E-state index contributed by atoms with van der Waals surface area (Å²) < 4.78 is 2.57. The van der Waals surface area contributed by atoms with Gasteiger partial charge in [-0.1, -0.05) is 49.2 Å². The van der Waals surface area contributed by atoms with E-state index in [4.69, 9.17) is 0 Å². The number of hydrogen-bond donors (Lipinski definition) is 0. The summed E-state index contributed by atoms with van der Waals surface area (Å²) >= 11 is 0. The lowest BCUT2D eigenvalue weighted by molar-refractivity contribution is -0.509. The van der Waals surface area contributed by atoms with Gasteiger partial charge < -0.3 is 4.90 Å². The zero-order valence-electron chi connectivity index (χ0n) is 18.5. The Kier molecular flexibility index (Phi) is 7.53. The zero-order valence-corrected chi connectivity index (χ0v) is 21.2. The first-order valence-corrected chi connectivity index (χ1v) is 14.9. The topological polar surface area (TPSA) is 7.12 Å². The van der Waals surface area contributed by atoms with Gasteiger partial charge >= 0.3 is 0 Å². The second-order valence-corrected chi connectivity index (χ2v) is 22.9. The SMILES string of the molecule is CN(C)c1cc[n+]([P@]([P@@]([P@@](C)C(C)(C)C)C(C)(C)C)C(C)(C)C)cc1. The quantitative estimate of drug-likeness (QED) is 0.488. The van der Waals surface area contributed by atoms with Crippen LogP contribution in [-0.4, -0.2) is 36.2 Å². The van der Waals surface area contributed by atoms with Crippen LogP contribution in [0.4, 0.5) is 5.69 Å². The van der Waals surface area contributed by atoms with E-state index in [1.54, 1.807) is 0 Å². The molecular formula is C20H40N2P3+. The van der Waals surface area contributed by atoms with Crippen molar-refractivity contribution >= 4 is 28.4 Å². The lowest BCUT2D eigenvalue weighted by atomic mass is 10.3. The third kappa shape index (κ3) is 6.13. The highest BCUT2D eigenvalue weighted by Crippen LogP contribution is 2.93. The number of pyridine rings is 1. The molecule has 2 nitrogen and oxygen atoms in total. The molecule has 1 heterocycles. The molecule has 0 radical (unpaired) electrons. The normalized spacial score (nSPS) is 17.1. The van der Waals surface area contributed by atoms with Crippen LogP contribution in [-0.2, 0) is 0 Å². The van der Waals surface area contributed by atoms with Gasteiger partial charge in [-0.25, -0.2) is 0 Å². The van der Waals surface area contributed by atoms with Crippen molar-refractivity contribution in [3.8, 4) is 0 Å². The summed E-state index contributed by atoms with van der Waals surface area (Å²) in [5, 5.41) is 1.04. The van der Waals surface area contributed by atoms with E-state index in [0.717, 1.165) is 0 Å². The molecule has 0 aliphatic rings. The number of rotatable bonds is 4. The van der Waals surface area contributed by atoms with Crippen molar-refractivity contribution in [2.45, 2.75) is 77.8 Å². The van der Waals surface area contributed by atoms with E-state index in [1.165, 1.54) is 5.69 Å². The van der Waals surface area contributed by atoms with Gasteiger partial charge in [0.2, 0.25) is 7.76 Å². The summed E-state index contributed by atoms with van der Waals surface area (Å²) in [5.41, 5.74) is 1.27. The Morgan fingerprint density at radius 1 is 0.760 bits per heavy atom. The van der Waals surface area contributed by atoms with Crippen LogP contribution < -0.4 is 9.24 Å². The fourth-order valence-corrected chi connectivity index (χ4v) is 24.3. The Labute approximate surface area is 160 Å². The van der Waals surface area contributed by atoms with Gasteiger partial charge in [-0.05, 0) is 37.7 Å². The van der Waals surface area contributed by atoms with Crippen molar-refractivity contribution in [2.24, 2.45) is 0 Å². The molecule has 0 saturated carbocycles. The summed E-state index contributed by atoms with van der Waals surface area (Å²) in [6.45, 7) is 24.6. The van der Waals surface area contributed by atoms with Crippen LogP contribution in [0.15, 0.2) is 24.5 Å². The van der Waals surface area contributed by atoms with Gasteiger partial charge in [0, 0.05) is 44.4 Å². The highest BCUT2D eigenvalue weighted by atomic mass is 32.5. The molecule has 1 rings (SSSR count). The van der Waals surface area contributed by atoms with E-state index in [1.807, 2.05) is 0 Å². The smallest absolute Gasteiger partial charge is 0.217 e. The van der Waals surface area contributed by atoms with Gasteiger partial charge in [0.25, 0.3) is 0 Å². The summed E-state index contributed by atoms with van der Waals surface area (Å²) in [6, 6.07) is 4.54. The van der Waals surface area contributed by atoms with Crippen LogP contribution in [0.1, 0.15) is 62.3 Å². The van der Waals surface area contributed by atoms with Crippen molar-refractivity contribution in [1.29, 1.82) is 0 Å². The molecule has 0 aliphatic carbocycles. The van der Waals surface area contributed by atoms with E-state index >= 15 is 0 Å². The van der Waals surface area contributed by atoms with Crippen LogP contribution in [0, 0.1) is 0 Å². The molecular weight excluding hydrogens is 361 g/mol. The lowest BCUT2D eigenvalue weighted by Gasteiger charge is -2.46. The molecule has 0 unspecified atom stereocenters. The third-order valence-corrected chi connectivity index (χ3v) is 24.7. The average Bonchev–Trinajstić information content (AvgIpc) is 2.40. The second kappa shape index (κ2) is 8.09. The lowest BCUT2D eigenvalue weighted by Crippen LogP contribution is -2.37. The first kappa shape index (κ1) is 23.3. The minimum Gasteiger partial charge on any atom is -0.377 e. The Balaban J connectivity index is 3.49. The molecule has 3 atom stereocenters. The summed E-state index contributed by atoms with van der Waals surface area (Å²) in [4.78, 5) is 2.18. The highest BCUT2D eigenvalue weighted by Gasteiger charge is 2.51. The Bertz CT molecular complexity index is 548. The van der Waals surface area contributed by atoms with Gasteiger partial charge in [-0.15, -0.1) is 0 Å². The average molecular weight is 401 g/mol. The molecule has 0 spiro atoms. The maximum absolute atomic E-state index is 2.57. The second-order valence-electron chi connectivity index (χ2n) is 9.95. The molecule has 0 bridgehead atoms. The van der Waals surface area contributed by atoms with Gasteiger partial charge in [0.15, 0.2) is 12.4 Å². The molecule has 0 amide bonds. The molecule has 0 saturated heterocycles. The fourth-order valence-electron chi connectivity index (χ4n) is 2.71. The summed E-state index contributed by atoms with van der Waals surface area (Å²) in [6.07, 6.45) is 4.67. The van der Waals surface area contributed by atoms with E-state index in [0.29, 0.717) is 15.5 Å². The minimum atomic E-state index is -0.292. The van der Waals surface area contributed by atoms with Crippen LogP contribution >= 0.6 is 22.7 Å². The molecule has 0 aromatic carbocycles. The first-order valence-electron chi connectivity index (χ1n) is 9.10. The number of nitrogens with zero attached hydrogens (tertiary/aromatic N) is 2. The van der Waals surface area contributed by atoms with Crippen molar-refractivity contribution in [1.82, 2.24) is 0 Å². The molecule has 5 heteroatoms. The maximum atomic E-state index is 2.57. The van der Waals surface area contributed by atoms with Crippen LogP contribution in [0.5, 0.6) is 0 Å². The molecule has 1 aromatic heterocycles. The Morgan fingerprint density at radius 2 is 1.20 bits per heavy atom. The molecule has 0 aliphatic heterocycles. The molecule has 0 fully saturated rings. The predicted octanol–water partition coefficient (Wildman–Crippen LogP) is 7.10. The highest BCUT2D eigenvalue weighted by molar-refractivity contribution is 8.60. The monoisotopic (exact) mass is 401 g/mol. The largest absolute Gasteiger partial charge is 0.377 e. The predicted molar refractivity (Wildman–Crippen MR) is 122 cm³/mol. The van der Waals surface area contributed by atoms with Gasteiger partial charge in [-0.2, -0.15) is 4.34 Å². The van der Waals surface area contributed by atoms with E-state index in [9.17, 15) is 0 Å². The van der Waals surface area contributed by atoms with Crippen LogP contribution in [0.25, 0.3) is 0 Å². The molecule has 1 aromatic rings. The van der Waals surface area contributed by atoms with Crippen LogP contribution in [0.3, 0.4) is 0 Å². The third-order valence-electron chi connectivity index (χ3n) is 4.17. The van der Waals surface area contributed by atoms with Crippen molar-refractivity contribution in [2.75, 3.05) is 25.7 Å². The number of anilines is 1. The van der Waals surface area contributed by atoms with Crippen molar-refractivity contribution in [3.05, 3.63) is 24.5 Å². The number of hydrogen-bond acceptors (Lipinski definition) is 1. The first-order chi connectivity index (χ1) is 11.1. The Hall–Kier alpha value is 0.240. The van der Waals surface area contributed by atoms with Gasteiger partial charge in [0.05, 0.1) is 0 Å². The minimum absolute atomic E-state index is 0.0581. The molecule has 0 N–H and O–H groups in total. The summed E-state index contributed by atoms with van der Waals surface area (Å²) in [7, 11) is 3.75. The standard InChI is InChI=1S/C20H40N2P3/c1-18(2,3)23(12)25(20(7,8)9)24(19(4,5)6)22-15-13-17(14-16-22)21(10)11/h13-16H,1-12H3/q+1/t23-,24+,25+/m0/s1. The van der Waals surface area contributed by atoms with E-state index < -0.39 is 0 Å².